The lowest BCUT2D eigenvalue weighted by Gasteiger charge is -2.39. The van der Waals surface area contributed by atoms with Crippen molar-refractivity contribution in [3.63, 3.8) is 0 Å². The molecule has 1 heterocycles. The number of ether oxygens (including phenoxy) is 1. The summed E-state index contributed by atoms with van der Waals surface area (Å²) in [5.41, 5.74) is 1.81. The number of amides is 3. The monoisotopic (exact) mass is 333 g/mol. The van der Waals surface area contributed by atoms with Crippen LogP contribution >= 0.6 is 0 Å². The minimum absolute atomic E-state index is 0.0172. The fraction of sp³-hybridized carbons (Fsp3) is 0.471. The summed E-state index contributed by atoms with van der Waals surface area (Å²) in [6, 6.07) is 4.71. The molecule has 0 aromatic heterocycles. The first kappa shape index (κ1) is 17.8. The van der Waals surface area contributed by atoms with Gasteiger partial charge in [-0.25, -0.2) is 9.59 Å². The molecule has 24 heavy (non-hydrogen) atoms. The van der Waals surface area contributed by atoms with Gasteiger partial charge in [-0.3, -0.25) is 4.79 Å². The van der Waals surface area contributed by atoms with Crippen molar-refractivity contribution in [2.45, 2.75) is 26.8 Å². The number of piperazine rings is 1. The number of hydrogen-bond donors (Lipinski definition) is 1. The van der Waals surface area contributed by atoms with Gasteiger partial charge < -0.3 is 19.9 Å². The molecule has 1 atom stereocenters. The lowest BCUT2D eigenvalue weighted by atomic mass is 10.1. The molecule has 0 spiro atoms. The molecule has 1 aromatic carbocycles. The van der Waals surface area contributed by atoms with E-state index in [0.29, 0.717) is 30.9 Å². The largest absolute Gasteiger partial charge is 0.465 e. The lowest BCUT2D eigenvalue weighted by molar-refractivity contribution is -0.131. The van der Waals surface area contributed by atoms with Crippen molar-refractivity contribution in [2.75, 3.05) is 32.1 Å². The smallest absolute Gasteiger partial charge is 0.337 e. The van der Waals surface area contributed by atoms with Crippen molar-refractivity contribution in [3.8, 4) is 0 Å². The van der Waals surface area contributed by atoms with Crippen LogP contribution in [0.4, 0.5) is 10.5 Å². The predicted molar refractivity (Wildman–Crippen MR) is 90.0 cm³/mol. The first-order chi connectivity index (χ1) is 11.3. The van der Waals surface area contributed by atoms with Crippen molar-refractivity contribution < 1.29 is 19.1 Å². The average Bonchev–Trinajstić information content (AvgIpc) is 2.55. The SMILES string of the molecule is COC(=O)c1ccc(C)c(NC(=O)N2CCN(C(C)=O)C[C@H]2C)c1. The van der Waals surface area contributed by atoms with Crippen molar-refractivity contribution in [3.05, 3.63) is 29.3 Å². The van der Waals surface area contributed by atoms with Gasteiger partial charge in [0.15, 0.2) is 0 Å². The van der Waals surface area contributed by atoms with E-state index in [-0.39, 0.29) is 18.0 Å². The van der Waals surface area contributed by atoms with Gasteiger partial charge in [0.1, 0.15) is 0 Å². The molecule has 7 heteroatoms. The number of carbonyl (C=O) groups is 3. The van der Waals surface area contributed by atoms with E-state index in [1.165, 1.54) is 14.0 Å². The van der Waals surface area contributed by atoms with Crippen LogP contribution in [0.1, 0.15) is 29.8 Å². The van der Waals surface area contributed by atoms with E-state index in [1.807, 2.05) is 13.8 Å². The highest BCUT2D eigenvalue weighted by molar-refractivity contribution is 5.94. The molecule has 3 amide bonds. The van der Waals surface area contributed by atoms with Crippen molar-refractivity contribution in [1.82, 2.24) is 9.80 Å². The number of hydrogen-bond acceptors (Lipinski definition) is 4. The predicted octanol–water partition coefficient (Wildman–Crippen LogP) is 1.87. The molecule has 1 aliphatic rings. The summed E-state index contributed by atoms with van der Waals surface area (Å²) in [5, 5.41) is 2.85. The van der Waals surface area contributed by atoms with Gasteiger partial charge in [0.25, 0.3) is 0 Å². The summed E-state index contributed by atoms with van der Waals surface area (Å²) in [6.07, 6.45) is 0. The molecule has 1 fully saturated rings. The van der Waals surface area contributed by atoms with E-state index < -0.39 is 5.97 Å². The van der Waals surface area contributed by atoms with Crippen molar-refractivity contribution in [2.24, 2.45) is 0 Å². The number of anilines is 1. The molecule has 0 saturated carbocycles. The highest BCUT2D eigenvalue weighted by atomic mass is 16.5. The molecule has 7 nitrogen and oxygen atoms in total. The molecule has 1 aliphatic heterocycles. The number of carbonyl (C=O) groups excluding carboxylic acids is 3. The topological polar surface area (TPSA) is 79.0 Å². The number of nitrogens with one attached hydrogen (secondary N) is 1. The third-order valence-electron chi connectivity index (χ3n) is 4.23. The molecule has 1 saturated heterocycles. The molecular weight excluding hydrogens is 310 g/mol. The number of aryl methyl sites for hydroxylation is 1. The standard InChI is InChI=1S/C17H23N3O4/c1-11-5-6-14(16(22)24-4)9-15(11)18-17(23)20-8-7-19(13(3)21)10-12(20)2/h5-6,9,12H,7-8,10H2,1-4H3,(H,18,23)/t12-/m1/s1. The molecule has 2 rings (SSSR count). The summed E-state index contributed by atoms with van der Waals surface area (Å²) >= 11 is 0. The van der Waals surface area contributed by atoms with E-state index in [1.54, 1.807) is 28.0 Å². The van der Waals surface area contributed by atoms with Crippen LogP contribution in [0.25, 0.3) is 0 Å². The Hall–Kier alpha value is -2.57. The van der Waals surface area contributed by atoms with Crippen LogP contribution in [0.5, 0.6) is 0 Å². The van der Waals surface area contributed by atoms with Crippen molar-refractivity contribution in [1.29, 1.82) is 0 Å². The van der Waals surface area contributed by atoms with E-state index in [4.69, 9.17) is 4.74 Å². The van der Waals surface area contributed by atoms with Crippen LogP contribution in [0.15, 0.2) is 18.2 Å². The third kappa shape index (κ3) is 3.84. The third-order valence-corrected chi connectivity index (χ3v) is 4.23. The summed E-state index contributed by atoms with van der Waals surface area (Å²) in [7, 11) is 1.32. The zero-order valence-corrected chi connectivity index (χ0v) is 14.5. The Bertz CT molecular complexity index is 659. The molecular formula is C17H23N3O4. The molecule has 130 valence electrons. The van der Waals surface area contributed by atoms with Crippen LogP contribution < -0.4 is 5.32 Å². The number of urea groups is 1. The molecule has 0 aliphatic carbocycles. The van der Waals surface area contributed by atoms with E-state index in [0.717, 1.165) is 5.56 Å². The minimum Gasteiger partial charge on any atom is -0.465 e. The molecule has 0 bridgehead atoms. The summed E-state index contributed by atoms with van der Waals surface area (Å²) < 4.78 is 4.70. The Kier molecular flexibility index (Phi) is 5.43. The molecule has 1 aromatic rings. The van der Waals surface area contributed by atoms with Crippen LogP contribution in [0, 0.1) is 6.92 Å². The number of nitrogens with zero attached hydrogens (tertiary/aromatic N) is 2. The van der Waals surface area contributed by atoms with Gasteiger partial charge in [-0.2, -0.15) is 0 Å². The second kappa shape index (κ2) is 7.33. The number of rotatable bonds is 2. The number of methoxy groups -OCH3 is 1. The maximum atomic E-state index is 12.6. The average molecular weight is 333 g/mol. The van der Waals surface area contributed by atoms with Gasteiger partial charge in [-0.15, -0.1) is 0 Å². The molecule has 0 radical (unpaired) electrons. The zero-order chi connectivity index (χ0) is 17.9. The van der Waals surface area contributed by atoms with Gasteiger partial charge in [0, 0.05) is 38.3 Å². The number of benzene rings is 1. The van der Waals surface area contributed by atoms with Gasteiger partial charge in [-0.05, 0) is 31.5 Å². The summed E-state index contributed by atoms with van der Waals surface area (Å²) in [5.74, 6) is -0.433. The Balaban J connectivity index is 2.10. The lowest BCUT2D eigenvalue weighted by Crippen LogP contribution is -2.56. The maximum Gasteiger partial charge on any atom is 0.337 e. The summed E-state index contributed by atoms with van der Waals surface area (Å²) in [4.78, 5) is 39.1. The van der Waals surface area contributed by atoms with E-state index >= 15 is 0 Å². The Labute approximate surface area is 141 Å². The molecule has 1 N–H and O–H groups in total. The Morgan fingerprint density at radius 2 is 1.96 bits per heavy atom. The van der Waals surface area contributed by atoms with Crippen molar-refractivity contribution >= 4 is 23.6 Å². The first-order valence-corrected chi connectivity index (χ1v) is 7.85. The highest BCUT2D eigenvalue weighted by Gasteiger charge is 2.28. The molecule has 0 unspecified atom stereocenters. The van der Waals surface area contributed by atoms with Crippen LogP contribution in [-0.4, -0.2) is 60.5 Å². The van der Waals surface area contributed by atoms with Gasteiger partial charge in [0.2, 0.25) is 5.91 Å². The second-order valence-corrected chi connectivity index (χ2v) is 5.96. The highest BCUT2D eigenvalue weighted by Crippen LogP contribution is 2.19. The van der Waals surface area contributed by atoms with E-state index in [9.17, 15) is 14.4 Å². The van der Waals surface area contributed by atoms with Crippen LogP contribution in [0.3, 0.4) is 0 Å². The fourth-order valence-electron chi connectivity index (χ4n) is 2.73. The fourth-order valence-corrected chi connectivity index (χ4v) is 2.73. The van der Waals surface area contributed by atoms with Crippen LogP contribution in [0.2, 0.25) is 0 Å². The number of esters is 1. The quantitative estimate of drug-likeness (QED) is 0.838. The van der Waals surface area contributed by atoms with E-state index in [2.05, 4.69) is 5.32 Å². The second-order valence-electron chi connectivity index (χ2n) is 5.96. The van der Waals surface area contributed by atoms with Gasteiger partial charge >= 0.3 is 12.0 Å². The Morgan fingerprint density at radius 1 is 1.25 bits per heavy atom. The van der Waals surface area contributed by atoms with Crippen LogP contribution in [-0.2, 0) is 9.53 Å². The summed E-state index contributed by atoms with van der Waals surface area (Å²) in [6.45, 7) is 6.81. The Morgan fingerprint density at radius 3 is 2.54 bits per heavy atom. The maximum absolute atomic E-state index is 12.6. The minimum atomic E-state index is -0.450. The van der Waals surface area contributed by atoms with Gasteiger partial charge in [-0.1, -0.05) is 6.07 Å². The normalized spacial score (nSPS) is 17.4. The first-order valence-electron chi connectivity index (χ1n) is 7.85. The van der Waals surface area contributed by atoms with Gasteiger partial charge in [0.05, 0.1) is 12.7 Å². The zero-order valence-electron chi connectivity index (χ0n) is 14.5.